The Morgan fingerprint density at radius 2 is 1.81 bits per heavy atom. The lowest BCUT2D eigenvalue weighted by Gasteiger charge is -2.41. The summed E-state index contributed by atoms with van der Waals surface area (Å²) in [5, 5.41) is 0.661. The molecule has 3 rings (SSSR count). The molecular formula is C26H35ClN2O6S. The highest BCUT2D eigenvalue weighted by Crippen LogP contribution is 2.24. The molecule has 0 saturated carbocycles. The van der Waals surface area contributed by atoms with Crippen LogP contribution in [0.15, 0.2) is 47.4 Å². The molecule has 1 atom stereocenters. The van der Waals surface area contributed by atoms with Crippen LogP contribution in [0, 0.1) is 0 Å². The molecule has 1 aliphatic rings. The van der Waals surface area contributed by atoms with Gasteiger partial charge in [-0.15, -0.1) is 0 Å². The normalized spacial score (nSPS) is 17.1. The van der Waals surface area contributed by atoms with Gasteiger partial charge in [0.05, 0.1) is 18.0 Å². The van der Waals surface area contributed by atoms with Gasteiger partial charge in [-0.25, -0.2) is 13.2 Å². The van der Waals surface area contributed by atoms with E-state index < -0.39 is 15.4 Å². The van der Waals surface area contributed by atoms with Crippen LogP contribution in [0.3, 0.4) is 0 Å². The van der Waals surface area contributed by atoms with Gasteiger partial charge in [-0.3, -0.25) is 9.80 Å². The molecule has 0 aliphatic carbocycles. The number of ether oxygens (including phenoxy) is 3. The van der Waals surface area contributed by atoms with Crippen molar-refractivity contribution in [3.05, 3.63) is 53.1 Å². The van der Waals surface area contributed by atoms with Gasteiger partial charge in [-0.1, -0.05) is 11.6 Å². The first-order chi connectivity index (χ1) is 16.9. The number of halogens is 1. The Balaban J connectivity index is 1.69. The average Bonchev–Trinajstić information content (AvgIpc) is 2.80. The zero-order chi connectivity index (χ0) is 26.5. The third kappa shape index (κ3) is 8.01. The summed E-state index contributed by atoms with van der Waals surface area (Å²) in [5.74, 6) is 1.33. The number of carbonyl (C=O) groups is 1. The molecule has 0 bridgehead atoms. The number of nitrogens with zero attached hydrogens (tertiary/aromatic N) is 2. The van der Waals surface area contributed by atoms with Gasteiger partial charge in [0.2, 0.25) is 0 Å². The zero-order valence-corrected chi connectivity index (χ0v) is 23.1. The number of rotatable bonds is 8. The molecule has 8 nitrogen and oxygen atoms in total. The number of amides is 1. The van der Waals surface area contributed by atoms with E-state index in [1.807, 2.05) is 32.9 Å². The van der Waals surface area contributed by atoms with Crippen molar-refractivity contribution in [3.8, 4) is 11.5 Å². The highest BCUT2D eigenvalue weighted by molar-refractivity contribution is 7.90. The molecular weight excluding hydrogens is 504 g/mol. The summed E-state index contributed by atoms with van der Waals surface area (Å²) in [7, 11) is -1.64. The first-order valence-corrected chi connectivity index (χ1v) is 14.1. The molecule has 1 heterocycles. The number of hydrogen-bond acceptors (Lipinski definition) is 7. The van der Waals surface area contributed by atoms with E-state index in [4.69, 9.17) is 25.8 Å². The van der Waals surface area contributed by atoms with Crippen LogP contribution in [-0.2, 0) is 21.0 Å². The number of methoxy groups -OCH3 is 1. The van der Waals surface area contributed by atoms with Gasteiger partial charge < -0.3 is 14.2 Å². The van der Waals surface area contributed by atoms with Crippen molar-refractivity contribution in [3.63, 3.8) is 0 Å². The van der Waals surface area contributed by atoms with Crippen molar-refractivity contribution in [1.29, 1.82) is 0 Å². The van der Waals surface area contributed by atoms with E-state index in [1.165, 1.54) is 12.1 Å². The quantitative estimate of drug-likeness (QED) is 0.495. The molecule has 1 amide bonds. The Morgan fingerprint density at radius 1 is 1.11 bits per heavy atom. The maximum Gasteiger partial charge on any atom is 0.410 e. The van der Waals surface area contributed by atoms with E-state index in [2.05, 4.69) is 4.90 Å². The SMILES string of the molecule is COc1ccc(Cl)cc1CCN1CCN(C(=O)OC(C)(C)C)[C@H](COc2ccc(S(C)(=O)=O)cc2)C1. The van der Waals surface area contributed by atoms with E-state index in [9.17, 15) is 13.2 Å². The molecule has 36 heavy (non-hydrogen) atoms. The first kappa shape index (κ1) is 28.1. The number of sulfone groups is 1. The van der Waals surface area contributed by atoms with E-state index in [1.54, 1.807) is 30.2 Å². The topological polar surface area (TPSA) is 85.4 Å². The summed E-state index contributed by atoms with van der Waals surface area (Å²) in [6.45, 7) is 8.33. The van der Waals surface area contributed by atoms with Crippen molar-refractivity contribution in [1.82, 2.24) is 9.80 Å². The van der Waals surface area contributed by atoms with Gasteiger partial charge >= 0.3 is 6.09 Å². The van der Waals surface area contributed by atoms with Crippen LogP contribution in [0.4, 0.5) is 4.79 Å². The molecule has 1 saturated heterocycles. The van der Waals surface area contributed by atoms with Crippen LogP contribution in [0.25, 0.3) is 0 Å². The van der Waals surface area contributed by atoms with E-state index >= 15 is 0 Å². The summed E-state index contributed by atoms with van der Waals surface area (Å²) in [4.78, 5) is 17.2. The highest BCUT2D eigenvalue weighted by atomic mass is 35.5. The van der Waals surface area contributed by atoms with Crippen LogP contribution in [0.5, 0.6) is 11.5 Å². The lowest BCUT2D eigenvalue weighted by atomic mass is 10.1. The van der Waals surface area contributed by atoms with Gasteiger partial charge in [-0.05, 0) is 75.2 Å². The second-order valence-electron chi connectivity index (χ2n) is 9.89. The molecule has 198 valence electrons. The van der Waals surface area contributed by atoms with Crippen LogP contribution >= 0.6 is 11.6 Å². The van der Waals surface area contributed by atoms with Crippen LogP contribution in [0.1, 0.15) is 26.3 Å². The van der Waals surface area contributed by atoms with Gasteiger partial charge in [0.1, 0.15) is 23.7 Å². The summed E-state index contributed by atoms with van der Waals surface area (Å²) < 4.78 is 40.5. The fraction of sp³-hybridized carbons (Fsp3) is 0.500. The Hall–Kier alpha value is -2.49. The van der Waals surface area contributed by atoms with E-state index in [-0.39, 0.29) is 23.6 Å². The van der Waals surface area contributed by atoms with Crippen molar-refractivity contribution >= 4 is 27.5 Å². The second kappa shape index (κ2) is 11.7. The van der Waals surface area contributed by atoms with Crippen molar-refractivity contribution in [2.45, 2.75) is 43.7 Å². The Labute approximate surface area is 219 Å². The van der Waals surface area contributed by atoms with E-state index in [0.717, 1.165) is 30.5 Å². The summed E-state index contributed by atoms with van der Waals surface area (Å²) in [5.41, 5.74) is 0.419. The summed E-state index contributed by atoms with van der Waals surface area (Å²) in [6, 6.07) is 11.6. The zero-order valence-electron chi connectivity index (χ0n) is 21.5. The fourth-order valence-corrected chi connectivity index (χ4v) is 4.85. The van der Waals surface area contributed by atoms with Gasteiger partial charge in [0, 0.05) is 37.5 Å². The summed E-state index contributed by atoms with van der Waals surface area (Å²) in [6.07, 6.45) is 1.54. The predicted octanol–water partition coefficient (Wildman–Crippen LogP) is 4.29. The monoisotopic (exact) mass is 538 g/mol. The lowest BCUT2D eigenvalue weighted by molar-refractivity contribution is -0.00917. The molecule has 2 aromatic rings. The van der Waals surface area contributed by atoms with Crippen molar-refractivity contribution in [2.75, 3.05) is 46.2 Å². The predicted molar refractivity (Wildman–Crippen MR) is 140 cm³/mol. The van der Waals surface area contributed by atoms with Gasteiger partial charge in [0.25, 0.3) is 0 Å². The highest BCUT2D eigenvalue weighted by Gasteiger charge is 2.34. The molecule has 2 aromatic carbocycles. The smallest absolute Gasteiger partial charge is 0.410 e. The Morgan fingerprint density at radius 3 is 2.42 bits per heavy atom. The molecule has 0 aromatic heterocycles. The third-order valence-corrected chi connectivity index (χ3v) is 7.19. The summed E-state index contributed by atoms with van der Waals surface area (Å²) >= 11 is 6.18. The lowest BCUT2D eigenvalue weighted by Crippen LogP contribution is -2.58. The van der Waals surface area contributed by atoms with Crippen molar-refractivity contribution < 1.29 is 27.4 Å². The Kier molecular flexibility index (Phi) is 9.13. The number of hydrogen-bond donors (Lipinski definition) is 0. The maximum atomic E-state index is 12.9. The molecule has 1 aliphatic heterocycles. The average molecular weight is 539 g/mol. The molecule has 10 heteroatoms. The second-order valence-corrected chi connectivity index (χ2v) is 12.3. The third-order valence-electron chi connectivity index (χ3n) is 5.83. The number of piperazine rings is 1. The van der Waals surface area contributed by atoms with Crippen LogP contribution < -0.4 is 9.47 Å². The van der Waals surface area contributed by atoms with Gasteiger partial charge in [0.15, 0.2) is 9.84 Å². The molecule has 0 spiro atoms. The van der Waals surface area contributed by atoms with Crippen LogP contribution in [-0.4, -0.2) is 82.1 Å². The van der Waals surface area contributed by atoms with Crippen molar-refractivity contribution in [2.24, 2.45) is 0 Å². The molecule has 0 unspecified atom stereocenters. The minimum absolute atomic E-state index is 0.227. The van der Waals surface area contributed by atoms with Crippen LogP contribution in [0.2, 0.25) is 5.02 Å². The standard InChI is InChI=1S/C26H35ClN2O6S/c1-26(2,3)35-25(30)29-15-14-28(13-12-19-16-20(27)6-11-24(19)33-4)17-21(29)18-34-22-7-9-23(10-8-22)36(5,31)32/h6-11,16,21H,12-15,17-18H2,1-5H3/t21-/m0/s1. The van der Waals surface area contributed by atoms with Gasteiger partial charge in [-0.2, -0.15) is 0 Å². The molecule has 0 radical (unpaired) electrons. The molecule has 0 N–H and O–H groups in total. The minimum Gasteiger partial charge on any atom is -0.496 e. The number of carbonyl (C=O) groups excluding carboxylic acids is 1. The fourth-order valence-electron chi connectivity index (χ4n) is 4.02. The van der Waals surface area contributed by atoms with E-state index in [0.29, 0.717) is 30.4 Å². The first-order valence-electron chi connectivity index (χ1n) is 11.8. The minimum atomic E-state index is -3.29. The molecule has 1 fully saturated rings. The maximum absolute atomic E-state index is 12.9. The Bertz CT molecular complexity index is 1150. The number of benzene rings is 2. The largest absolute Gasteiger partial charge is 0.496 e.